The number of carbonyl (C=O) groups excluding carboxylic acids is 2. The summed E-state index contributed by atoms with van der Waals surface area (Å²) in [5.74, 6) is -0.468. The molecule has 1 amide bonds. The number of nitrogens with one attached hydrogen (secondary N) is 1. The van der Waals surface area contributed by atoms with Crippen molar-refractivity contribution < 1.29 is 14.3 Å². The van der Waals surface area contributed by atoms with E-state index in [1.807, 2.05) is 20.8 Å². The van der Waals surface area contributed by atoms with Gasteiger partial charge in [-0.15, -0.1) is 0 Å². The smallest absolute Gasteiger partial charge is 0.313 e. The summed E-state index contributed by atoms with van der Waals surface area (Å²) in [5.41, 5.74) is 0.683. The van der Waals surface area contributed by atoms with Gasteiger partial charge in [0.2, 0.25) is 0 Å². The number of hydrogen-bond donors (Lipinski definition) is 1. The minimum atomic E-state index is -1.01. The lowest BCUT2D eigenvalue weighted by molar-refractivity contribution is -0.170. The normalized spacial score (nSPS) is 38.4. The molecule has 1 heterocycles. The monoisotopic (exact) mass is 240 g/mol. The molecule has 17 heavy (non-hydrogen) atoms. The number of hydrazine groups is 1. The lowest BCUT2D eigenvalue weighted by atomic mass is 9.66. The molecule has 0 aromatic heterocycles. The van der Waals surface area contributed by atoms with Crippen LogP contribution in [0, 0.1) is 10.8 Å². The van der Waals surface area contributed by atoms with Crippen molar-refractivity contribution in [2.75, 3.05) is 14.1 Å². The highest BCUT2D eigenvalue weighted by Crippen LogP contribution is 2.65. The fourth-order valence-electron chi connectivity index (χ4n) is 3.04. The lowest BCUT2D eigenvalue weighted by Crippen LogP contribution is -2.56. The standard InChI is InChI=1S/C12H20N2O3/c1-10(2)11(3)6-7-12(10,17-9(11)16)8(15)13-14(4)5/h6-7H2,1-5H3,(H,13,15)/t11-,12-/m0/s1. The molecule has 0 aromatic rings. The average molecular weight is 240 g/mol. The number of rotatable bonds is 2. The molecule has 1 N–H and O–H groups in total. The molecule has 0 radical (unpaired) electrons. The maximum atomic E-state index is 12.3. The predicted molar refractivity (Wildman–Crippen MR) is 61.8 cm³/mol. The Hall–Kier alpha value is -1.10. The molecule has 2 fully saturated rings. The molecule has 5 heteroatoms. The van der Waals surface area contributed by atoms with E-state index in [-0.39, 0.29) is 11.9 Å². The van der Waals surface area contributed by atoms with E-state index in [0.717, 1.165) is 0 Å². The van der Waals surface area contributed by atoms with E-state index in [1.54, 1.807) is 19.1 Å². The first kappa shape index (κ1) is 12.4. The van der Waals surface area contributed by atoms with Gasteiger partial charge >= 0.3 is 5.97 Å². The summed E-state index contributed by atoms with van der Waals surface area (Å²) in [6.45, 7) is 5.79. The summed E-state index contributed by atoms with van der Waals surface area (Å²) in [7, 11) is 3.49. The van der Waals surface area contributed by atoms with Crippen molar-refractivity contribution >= 4 is 11.9 Å². The van der Waals surface area contributed by atoms with E-state index < -0.39 is 16.4 Å². The molecule has 0 spiro atoms. The van der Waals surface area contributed by atoms with Gasteiger partial charge in [0.1, 0.15) is 0 Å². The van der Waals surface area contributed by atoms with Gasteiger partial charge in [-0.2, -0.15) is 0 Å². The van der Waals surface area contributed by atoms with Crippen LogP contribution in [-0.2, 0) is 14.3 Å². The van der Waals surface area contributed by atoms with Gasteiger partial charge in [0.25, 0.3) is 5.91 Å². The molecule has 1 aliphatic carbocycles. The van der Waals surface area contributed by atoms with Crippen LogP contribution in [0.25, 0.3) is 0 Å². The largest absolute Gasteiger partial charge is 0.448 e. The van der Waals surface area contributed by atoms with Crippen LogP contribution in [0.3, 0.4) is 0 Å². The molecule has 2 bridgehead atoms. The number of fused-ring (bicyclic) bond motifs is 2. The molecule has 96 valence electrons. The topological polar surface area (TPSA) is 58.6 Å². The number of nitrogens with zero attached hydrogens (tertiary/aromatic N) is 1. The SMILES string of the molecule is CN(C)NC(=O)[C@]12CC[C@@](C)(C(=O)O1)C2(C)C. The Labute approximate surface area is 101 Å². The third-order valence-corrected chi connectivity index (χ3v) is 4.78. The van der Waals surface area contributed by atoms with Crippen molar-refractivity contribution in [2.45, 2.75) is 39.2 Å². The van der Waals surface area contributed by atoms with E-state index in [1.165, 1.54) is 0 Å². The van der Waals surface area contributed by atoms with Crippen LogP contribution in [0.5, 0.6) is 0 Å². The van der Waals surface area contributed by atoms with Crippen LogP contribution >= 0.6 is 0 Å². The number of amides is 1. The van der Waals surface area contributed by atoms with Crippen LogP contribution in [0.2, 0.25) is 0 Å². The Kier molecular flexibility index (Phi) is 2.34. The second-order valence-corrected chi connectivity index (χ2v) is 6.01. The van der Waals surface area contributed by atoms with Crippen molar-refractivity contribution in [3.05, 3.63) is 0 Å². The summed E-state index contributed by atoms with van der Waals surface area (Å²) in [6, 6.07) is 0. The highest BCUT2D eigenvalue weighted by molar-refractivity contribution is 5.95. The van der Waals surface area contributed by atoms with Crippen molar-refractivity contribution in [1.29, 1.82) is 0 Å². The Balaban J connectivity index is 2.40. The molecule has 0 unspecified atom stereocenters. The third kappa shape index (κ3) is 1.23. The quantitative estimate of drug-likeness (QED) is 0.570. The van der Waals surface area contributed by atoms with Gasteiger partial charge in [0, 0.05) is 19.5 Å². The second kappa shape index (κ2) is 3.22. The minimum Gasteiger partial charge on any atom is -0.448 e. The van der Waals surface area contributed by atoms with E-state index in [2.05, 4.69) is 5.43 Å². The Morgan fingerprint density at radius 1 is 1.29 bits per heavy atom. The number of carbonyl (C=O) groups is 2. The Morgan fingerprint density at radius 2 is 1.88 bits per heavy atom. The van der Waals surface area contributed by atoms with Gasteiger partial charge in [0.05, 0.1) is 5.41 Å². The van der Waals surface area contributed by atoms with Crippen molar-refractivity contribution in [2.24, 2.45) is 10.8 Å². The van der Waals surface area contributed by atoms with Gasteiger partial charge in [-0.3, -0.25) is 15.0 Å². The third-order valence-electron chi connectivity index (χ3n) is 4.78. The minimum absolute atomic E-state index is 0.220. The second-order valence-electron chi connectivity index (χ2n) is 6.01. The zero-order valence-corrected chi connectivity index (χ0v) is 11.1. The van der Waals surface area contributed by atoms with Crippen molar-refractivity contribution in [3.8, 4) is 0 Å². The predicted octanol–water partition coefficient (Wildman–Crippen LogP) is 0.701. The highest BCUT2D eigenvalue weighted by Gasteiger charge is 2.75. The molecule has 2 atom stereocenters. The van der Waals surface area contributed by atoms with Crippen molar-refractivity contribution in [3.63, 3.8) is 0 Å². The van der Waals surface area contributed by atoms with Crippen LogP contribution in [-0.4, -0.2) is 36.6 Å². The first-order valence-electron chi connectivity index (χ1n) is 5.89. The summed E-state index contributed by atoms with van der Waals surface area (Å²) in [4.78, 5) is 24.3. The highest BCUT2D eigenvalue weighted by atomic mass is 16.6. The molecule has 5 nitrogen and oxygen atoms in total. The van der Waals surface area contributed by atoms with Gasteiger partial charge in [0.15, 0.2) is 5.60 Å². The Bertz CT molecular complexity index is 391. The summed E-state index contributed by atoms with van der Waals surface area (Å²) >= 11 is 0. The zero-order valence-electron chi connectivity index (χ0n) is 11.1. The van der Waals surface area contributed by atoms with Gasteiger partial charge < -0.3 is 4.74 Å². The zero-order chi connectivity index (χ0) is 13.1. The summed E-state index contributed by atoms with van der Waals surface area (Å²) in [6.07, 6.45) is 1.31. The number of hydrogen-bond acceptors (Lipinski definition) is 4. The van der Waals surface area contributed by atoms with Crippen LogP contribution in [0.4, 0.5) is 0 Å². The van der Waals surface area contributed by atoms with E-state index in [0.29, 0.717) is 12.8 Å². The van der Waals surface area contributed by atoms with Crippen LogP contribution < -0.4 is 5.43 Å². The van der Waals surface area contributed by atoms with Crippen LogP contribution in [0.1, 0.15) is 33.6 Å². The van der Waals surface area contributed by atoms with Crippen molar-refractivity contribution in [1.82, 2.24) is 10.4 Å². The molecule has 1 saturated heterocycles. The molecule has 1 saturated carbocycles. The molecule has 1 aliphatic heterocycles. The fourth-order valence-corrected chi connectivity index (χ4v) is 3.04. The van der Waals surface area contributed by atoms with Gasteiger partial charge in [-0.05, 0) is 19.8 Å². The number of ether oxygens (including phenoxy) is 1. The molecular weight excluding hydrogens is 220 g/mol. The first-order valence-corrected chi connectivity index (χ1v) is 5.89. The van der Waals surface area contributed by atoms with E-state index in [9.17, 15) is 9.59 Å². The average Bonchev–Trinajstić information content (AvgIpc) is 2.47. The van der Waals surface area contributed by atoms with Gasteiger partial charge in [-0.1, -0.05) is 13.8 Å². The molecular formula is C12H20N2O3. The molecule has 2 aliphatic rings. The van der Waals surface area contributed by atoms with E-state index >= 15 is 0 Å². The maximum absolute atomic E-state index is 12.3. The van der Waals surface area contributed by atoms with Gasteiger partial charge in [-0.25, -0.2) is 5.01 Å². The summed E-state index contributed by atoms with van der Waals surface area (Å²) < 4.78 is 5.45. The van der Waals surface area contributed by atoms with Crippen LogP contribution in [0.15, 0.2) is 0 Å². The Morgan fingerprint density at radius 3 is 2.24 bits per heavy atom. The lowest BCUT2D eigenvalue weighted by Gasteiger charge is -2.35. The summed E-state index contributed by atoms with van der Waals surface area (Å²) in [5, 5.41) is 1.58. The number of esters is 1. The fraction of sp³-hybridized carbons (Fsp3) is 0.833. The first-order chi connectivity index (χ1) is 7.67. The maximum Gasteiger partial charge on any atom is 0.313 e. The van der Waals surface area contributed by atoms with E-state index in [4.69, 9.17) is 4.74 Å². The molecule has 2 rings (SSSR count). The molecule has 0 aromatic carbocycles.